The Morgan fingerprint density at radius 2 is 1.00 bits per heavy atom. The Hall–Kier alpha value is -1.03. The molecule has 2 fully saturated rings. The lowest BCUT2D eigenvalue weighted by Crippen LogP contribution is -2.34. The Kier molecular flexibility index (Phi) is 8.89. The van der Waals surface area contributed by atoms with Crippen LogP contribution in [0.4, 0.5) is 0 Å². The fraction of sp³-hybridized carbons (Fsp3) is 0.857. The summed E-state index contributed by atoms with van der Waals surface area (Å²) in [6.07, 6.45) is 0. The molecule has 3 rings (SSSR count). The van der Waals surface area contributed by atoms with Crippen LogP contribution in [0.25, 0.3) is 0 Å². The van der Waals surface area contributed by atoms with Crippen molar-refractivity contribution in [2.45, 2.75) is 13.1 Å². The highest BCUT2D eigenvalue weighted by Crippen LogP contribution is 2.09. The van der Waals surface area contributed by atoms with Gasteiger partial charge in [0, 0.05) is 97.3 Å². The smallest absolute Gasteiger partial charge is 0.0765 e. The third-order valence-corrected chi connectivity index (χ3v) is 6.38. The minimum absolute atomic E-state index is 0.934. The lowest BCUT2D eigenvalue weighted by atomic mass is 10.3. The van der Waals surface area contributed by atoms with Gasteiger partial charge < -0.3 is 19.6 Å². The van der Waals surface area contributed by atoms with E-state index in [0.717, 1.165) is 91.6 Å². The second kappa shape index (κ2) is 11.4. The van der Waals surface area contributed by atoms with Crippen LogP contribution in [0.5, 0.6) is 0 Å². The van der Waals surface area contributed by atoms with Gasteiger partial charge in [0.25, 0.3) is 0 Å². The van der Waals surface area contributed by atoms with E-state index in [1.807, 2.05) is 0 Å². The van der Waals surface area contributed by atoms with Gasteiger partial charge in [0.15, 0.2) is 0 Å². The molecule has 0 aromatic carbocycles. The number of hydrogen-bond acceptors (Lipinski definition) is 7. The van der Waals surface area contributed by atoms with E-state index in [9.17, 15) is 0 Å². The van der Waals surface area contributed by atoms with E-state index >= 15 is 0 Å². The van der Waals surface area contributed by atoms with Gasteiger partial charge in [0.1, 0.15) is 0 Å². The average molecular weight is 407 g/mol. The molecule has 1 aromatic rings. The molecular weight excluding hydrogens is 364 g/mol. The Morgan fingerprint density at radius 1 is 0.621 bits per heavy atom. The number of nitrogens with zero attached hydrogens (tertiary/aromatic N) is 7. The van der Waals surface area contributed by atoms with Crippen LogP contribution >= 0.6 is 0 Å². The van der Waals surface area contributed by atoms with E-state index in [-0.39, 0.29) is 0 Å². The summed E-state index contributed by atoms with van der Waals surface area (Å²) in [5.74, 6) is 0. The van der Waals surface area contributed by atoms with Gasteiger partial charge in [-0.1, -0.05) is 0 Å². The van der Waals surface area contributed by atoms with E-state index in [2.05, 4.69) is 73.9 Å². The SMILES string of the molecule is CN1CCN(C)CCN(Cc2cc(CN3CCN(C)CCN(C)CC3)[nH]n2)CC1. The lowest BCUT2D eigenvalue weighted by molar-refractivity contribution is 0.225. The van der Waals surface area contributed by atoms with Gasteiger partial charge in [-0.25, -0.2) is 0 Å². The fourth-order valence-electron chi connectivity index (χ4n) is 3.96. The van der Waals surface area contributed by atoms with Crippen molar-refractivity contribution in [3.63, 3.8) is 0 Å². The van der Waals surface area contributed by atoms with E-state index < -0.39 is 0 Å². The van der Waals surface area contributed by atoms with Crippen LogP contribution in [-0.4, -0.2) is 146 Å². The molecule has 0 unspecified atom stereocenters. The first-order valence-electron chi connectivity index (χ1n) is 11.2. The summed E-state index contributed by atoms with van der Waals surface area (Å²) in [4.78, 5) is 14.8. The minimum Gasteiger partial charge on any atom is -0.304 e. The molecule has 0 atom stereocenters. The Balaban J connectivity index is 1.53. The van der Waals surface area contributed by atoms with Crippen molar-refractivity contribution >= 4 is 0 Å². The monoisotopic (exact) mass is 406 g/mol. The minimum atomic E-state index is 0.934. The average Bonchev–Trinajstić information content (AvgIpc) is 3.18. The van der Waals surface area contributed by atoms with Crippen molar-refractivity contribution in [2.75, 3.05) is 107 Å². The number of aromatic nitrogens is 2. The molecule has 2 saturated heterocycles. The van der Waals surface area contributed by atoms with Crippen molar-refractivity contribution in [3.8, 4) is 0 Å². The highest BCUT2D eigenvalue weighted by Gasteiger charge is 2.16. The maximum Gasteiger partial charge on any atom is 0.0765 e. The summed E-state index contributed by atoms with van der Waals surface area (Å²) in [5.41, 5.74) is 2.41. The van der Waals surface area contributed by atoms with Crippen molar-refractivity contribution in [1.29, 1.82) is 0 Å². The second-order valence-electron chi connectivity index (χ2n) is 9.15. The quantitative estimate of drug-likeness (QED) is 0.741. The highest BCUT2D eigenvalue weighted by molar-refractivity contribution is 5.08. The molecule has 0 bridgehead atoms. The molecule has 2 aliphatic heterocycles. The molecule has 29 heavy (non-hydrogen) atoms. The topological polar surface area (TPSA) is 48.1 Å². The first-order chi connectivity index (χ1) is 14.0. The number of rotatable bonds is 4. The van der Waals surface area contributed by atoms with Crippen LogP contribution in [-0.2, 0) is 13.1 Å². The van der Waals surface area contributed by atoms with E-state index in [4.69, 9.17) is 0 Å². The fourth-order valence-corrected chi connectivity index (χ4v) is 3.96. The zero-order chi connectivity index (χ0) is 20.6. The first-order valence-corrected chi connectivity index (χ1v) is 11.2. The molecule has 166 valence electrons. The van der Waals surface area contributed by atoms with E-state index in [1.165, 1.54) is 11.4 Å². The van der Waals surface area contributed by atoms with Crippen LogP contribution in [0.15, 0.2) is 6.07 Å². The summed E-state index contributed by atoms with van der Waals surface area (Å²) < 4.78 is 0. The zero-order valence-corrected chi connectivity index (χ0v) is 19.1. The summed E-state index contributed by atoms with van der Waals surface area (Å²) in [7, 11) is 8.91. The Bertz CT molecular complexity index is 514. The van der Waals surface area contributed by atoms with Crippen LogP contribution in [0.1, 0.15) is 11.4 Å². The molecule has 0 amide bonds. The summed E-state index contributed by atoms with van der Waals surface area (Å²) in [5, 5.41) is 7.95. The molecule has 8 heteroatoms. The van der Waals surface area contributed by atoms with Crippen molar-refractivity contribution < 1.29 is 0 Å². The predicted octanol–water partition coefficient (Wildman–Crippen LogP) is -0.232. The molecule has 3 heterocycles. The normalized spacial score (nSPS) is 24.4. The summed E-state index contributed by atoms with van der Waals surface area (Å²) >= 11 is 0. The molecule has 1 aromatic heterocycles. The van der Waals surface area contributed by atoms with E-state index in [0.29, 0.717) is 0 Å². The zero-order valence-electron chi connectivity index (χ0n) is 19.1. The van der Waals surface area contributed by atoms with Crippen molar-refractivity contribution in [2.24, 2.45) is 0 Å². The van der Waals surface area contributed by atoms with Crippen LogP contribution < -0.4 is 0 Å². The van der Waals surface area contributed by atoms with Crippen molar-refractivity contribution in [1.82, 2.24) is 39.6 Å². The molecular formula is C21H42N8. The van der Waals surface area contributed by atoms with Crippen LogP contribution in [0.2, 0.25) is 0 Å². The number of nitrogens with one attached hydrogen (secondary N) is 1. The van der Waals surface area contributed by atoms with E-state index in [1.54, 1.807) is 0 Å². The summed E-state index contributed by atoms with van der Waals surface area (Å²) in [6, 6.07) is 2.28. The summed E-state index contributed by atoms with van der Waals surface area (Å²) in [6.45, 7) is 15.4. The van der Waals surface area contributed by atoms with Gasteiger partial charge in [0.2, 0.25) is 0 Å². The number of H-pyrrole nitrogens is 1. The maximum absolute atomic E-state index is 4.64. The highest BCUT2D eigenvalue weighted by atomic mass is 15.3. The third-order valence-electron chi connectivity index (χ3n) is 6.38. The second-order valence-corrected chi connectivity index (χ2v) is 9.15. The van der Waals surface area contributed by atoms with Gasteiger partial charge in [0.05, 0.1) is 5.69 Å². The molecule has 0 aliphatic carbocycles. The standard InChI is InChI=1S/C21H42N8/c1-24-5-6-25(2)10-14-28(13-9-24)18-20-17-21(23-22-20)19-29-15-11-26(3)7-8-27(4)12-16-29/h17H,5-16,18-19H2,1-4H3,(H,22,23). The molecule has 2 aliphatic rings. The van der Waals surface area contributed by atoms with Crippen molar-refractivity contribution in [3.05, 3.63) is 17.5 Å². The molecule has 8 nitrogen and oxygen atoms in total. The van der Waals surface area contributed by atoms with Gasteiger partial charge in [-0.3, -0.25) is 14.9 Å². The van der Waals surface area contributed by atoms with Crippen LogP contribution in [0, 0.1) is 0 Å². The van der Waals surface area contributed by atoms with Gasteiger partial charge in [-0.2, -0.15) is 5.10 Å². The largest absolute Gasteiger partial charge is 0.304 e. The molecule has 0 spiro atoms. The first kappa shape index (κ1) is 22.7. The lowest BCUT2D eigenvalue weighted by Gasteiger charge is -2.23. The van der Waals surface area contributed by atoms with Gasteiger partial charge >= 0.3 is 0 Å². The van der Waals surface area contributed by atoms with Gasteiger partial charge in [-0.15, -0.1) is 0 Å². The van der Waals surface area contributed by atoms with Gasteiger partial charge in [-0.05, 0) is 34.3 Å². The molecule has 0 radical (unpaired) electrons. The molecule has 1 N–H and O–H groups in total. The third kappa shape index (κ3) is 7.96. The maximum atomic E-state index is 4.64. The number of aromatic amines is 1. The Morgan fingerprint density at radius 3 is 1.45 bits per heavy atom. The number of likely N-dealkylation sites (N-methyl/N-ethyl adjacent to an activating group) is 4. The Labute approximate surface area is 177 Å². The number of hydrogen-bond donors (Lipinski definition) is 1. The molecule has 0 saturated carbocycles. The van der Waals surface area contributed by atoms with Crippen LogP contribution in [0.3, 0.4) is 0 Å². The predicted molar refractivity (Wildman–Crippen MR) is 119 cm³/mol.